The van der Waals surface area contributed by atoms with Crippen molar-refractivity contribution < 1.29 is 17.9 Å². The van der Waals surface area contributed by atoms with Crippen molar-refractivity contribution in [1.82, 2.24) is 19.3 Å². The lowest BCUT2D eigenvalue weighted by Gasteiger charge is -2.22. The summed E-state index contributed by atoms with van der Waals surface area (Å²) in [6.45, 7) is 5.06. The number of hydrogen-bond acceptors (Lipinski definition) is 3. The largest absolute Gasteiger partial charge is 0.493 e. The number of halogens is 3. The first-order valence-corrected chi connectivity index (χ1v) is 9.28. The maximum atomic E-state index is 13.6. The number of aryl methyl sites for hydroxylation is 3. The lowest BCUT2D eigenvalue weighted by Crippen LogP contribution is -2.13. The van der Waals surface area contributed by atoms with Gasteiger partial charge in [0.15, 0.2) is 5.69 Å². The summed E-state index contributed by atoms with van der Waals surface area (Å²) in [6, 6.07) is 3.81. The molecule has 0 radical (unpaired) electrons. The summed E-state index contributed by atoms with van der Waals surface area (Å²) < 4.78 is 50.0. The zero-order valence-electron chi connectivity index (χ0n) is 15.8. The number of ether oxygens (including phenoxy) is 1. The van der Waals surface area contributed by atoms with Crippen LogP contribution >= 0.6 is 0 Å². The van der Waals surface area contributed by atoms with Gasteiger partial charge in [-0.2, -0.15) is 18.3 Å². The van der Waals surface area contributed by atoms with Gasteiger partial charge in [-0.15, -0.1) is 0 Å². The number of nitrogens with zero attached hydrogens (tertiary/aromatic N) is 4. The average molecular weight is 390 g/mol. The highest BCUT2D eigenvalue weighted by molar-refractivity contribution is 5.75. The van der Waals surface area contributed by atoms with Crippen LogP contribution in [-0.4, -0.2) is 25.9 Å². The minimum Gasteiger partial charge on any atom is -0.493 e. The van der Waals surface area contributed by atoms with Gasteiger partial charge in [0.05, 0.1) is 6.61 Å². The molecule has 0 fully saturated rings. The van der Waals surface area contributed by atoms with Gasteiger partial charge in [-0.1, -0.05) is 6.07 Å². The highest BCUT2D eigenvalue weighted by Gasteiger charge is 2.38. The van der Waals surface area contributed by atoms with Crippen LogP contribution in [0, 0.1) is 6.92 Å². The number of benzene rings is 1. The Hall–Kier alpha value is -2.77. The Bertz CT molecular complexity index is 1000. The first-order chi connectivity index (χ1) is 13.4. The molecule has 4 rings (SSSR count). The van der Waals surface area contributed by atoms with E-state index in [4.69, 9.17) is 4.74 Å². The first kappa shape index (κ1) is 18.6. The van der Waals surface area contributed by atoms with Crippen molar-refractivity contribution in [2.45, 2.75) is 46.0 Å². The van der Waals surface area contributed by atoms with Gasteiger partial charge in [0.1, 0.15) is 11.6 Å². The van der Waals surface area contributed by atoms with E-state index in [1.807, 2.05) is 23.8 Å². The molecule has 3 aromatic rings. The van der Waals surface area contributed by atoms with Crippen LogP contribution in [0.15, 0.2) is 30.7 Å². The Kier molecular flexibility index (Phi) is 4.64. The predicted molar refractivity (Wildman–Crippen MR) is 98.2 cm³/mol. The van der Waals surface area contributed by atoms with E-state index in [-0.39, 0.29) is 5.56 Å². The molecule has 2 aromatic heterocycles. The molecular formula is C20H21F3N4O. The fourth-order valence-electron chi connectivity index (χ4n) is 3.60. The van der Waals surface area contributed by atoms with Crippen molar-refractivity contribution in [1.29, 1.82) is 0 Å². The fraction of sp³-hybridized carbons (Fsp3) is 0.400. The molecule has 0 saturated heterocycles. The molecule has 148 valence electrons. The molecule has 0 atom stereocenters. The molecule has 28 heavy (non-hydrogen) atoms. The number of hydrogen-bond donors (Lipinski definition) is 0. The van der Waals surface area contributed by atoms with E-state index in [2.05, 4.69) is 10.1 Å². The molecule has 1 aliphatic heterocycles. The third kappa shape index (κ3) is 3.39. The second-order valence-corrected chi connectivity index (χ2v) is 6.93. The van der Waals surface area contributed by atoms with Crippen molar-refractivity contribution >= 4 is 0 Å². The van der Waals surface area contributed by atoms with Crippen LogP contribution in [0.3, 0.4) is 0 Å². The zero-order valence-corrected chi connectivity index (χ0v) is 15.8. The van der Waals surface area contributed by atoms with Crippen LogP contribution in [0.5, 0.6) is 5.75 Å². The van der Waals surface area contributed by atoms with Crippen molar-refractivity contribution in [3.63, 3.8) is 0 Å². The van der Waals surface area contributed by atoms with E-state index >= 15 is 0 Å². The standard InChI is InChI=1S/C20H21F3N4O/c1-3-27-12-17(19(25-27)20(21,22)23)16-10-14(11-26-7-6-24-13(26)2)9-15-5-4-8-28-18(15)16/h6-7,9-10,12H,3-5,8,11H2,1-2H3. The minimum atomic E-state index is -4.53. The fourth-order valence-corrected chi connectivity index (χ4v) is 3.60. The molecule has 0 aliphatic carbocycles. The smallest absolute Gasteiger partial charge is 0.435 e. The van der Waals surface area contributed by atoms with Crippen molar-refractivity contribution in [3.05, 3.63) is 53.4 Å². The van der Waals surface area contributed by atoms with Gasteiger partial charge in [-0.25, -0.2) is 4.98 Å². The third-order valence-electron chi connectivity index (χ3n) is 4.98. The topological polar surface area (TPSA) is 44.9 Å². The molecule has 0 saturated carbocycles. The Labute approximate surface area is 160 Å². The highest BCUT2D eigenvalue weighted by atomic mass is 19.4. The van der Waals surface area contributed by atoms with E-state index in [0.29, 0.717) is 31.0 Å². The van der Waals surface area contributed by atoms with Gasteiger partial charge in [0.2, 0.25) is 0 Å². The number of imidazole rings is 1. The molecule has 5 nitrogen and oxygen atoms in total. The minimum absolute atomic E-state index is 0.0664. The lowest BCUT2D eigenvalue weighted by molar-refractivity contribution is -0.141. The summed E-state index contributed by atoms with van der Waals surface area (Å²) >= 11 is 0. The summed E-state index contributed by atoms with van der Waals surface area (Å²) in [5, 5.41) is 3.77. The number of alkyl halides is 3. The van der Waals surface area contributed by atoms with E-state index < -0.39 is 11.9 Å². The number of fused-ring (bicyclic) bond motifs is 1. The average Bonchev–Trinajstić information content (AvgIpc) is 3.27. The Morgan fingerprint density at radius 3 is 2.71 bits per heavy atom. The summed E-state index contributed by atoms with van der Waals surface area (Å²) in [5.41, 5.74) is 1.50. The van der Waals surface area contributed by atoms with Gasteiger partial charge in [-0.05, 0) is 43.9 Å². The summed E-state index contributed by atoms with van der Waals surface area (Å²) in [5.74, 6) is 1.39. The van der Waals surface area contributed by atoms with Gasteiger partial charge < -0.3 is 9.30 Å². The quantitative estimate of drug-likeness (QED) is 0.660. The summed E-state index contributed by atoms with van der Waals surface area (Å²) in [4.78, 5) is 4.22. The molecular weight excluding hydrogens is 369 g/mol. The van der Waals surface area contributed by atoms with Crippen LogP contribution in [0.1, 0.15) is 36.0 Å². The summed E-state index contributed by atoms with van der Waals surface area (Å²) in [6.07, 6.45) is 2.13. The van der Waals surface area contributed by atoms with Crippen LogP contribution in [0.4, 0.5) is 13.2 Å². The SMILES string of the molecule is CCn1cc(-c2cc(Cn3ccnc3C)cc3c2OCCC3)c(C(F)(F)F)n1. The number of rotatable bonds is 4. The molecule has 3 heterocycles. The van der Waals surface area contributed by atoms with Crippen molar-refractivity contribution in [2.24, 2.45) is 0 Å². The van der Waals surface area contributed by atoms with Crippen LogP contribution in [0.25, 0.3) is 11.1 Å². The van der Waals surface area contributed by atoms with Crippen molar-refractivity contribution in [2.75, 3.05) is 6.61 Å². The van der Waals surface area contributed by atoms with Crippen LogP contribution < -0.4 is 4.74 Å². The van der Waals surface area contributed by atoms with Gasteiger partial charge >= 0.3 is 6.18 Å². The lowest BCUT2D eigenvalue weighted by atomic mass is 9.94. The Morgan fingerprint density at radius 1 is 1.21 bits per heavy atom. The summed E-state index contributed by atoms with van der Waals surface area (Å²) in [7, 11) is 0. The van der Waals surface area contributed by atoms with E-state index in [1.165, 1.54) is 10.9 Å². The second-order valence-electron chi connectivity index (χ2n) is 6.93. The van der Waals surface area contributed by atoms with Gasteiger partial charge in [-0.3, -0.25) is 4.68 Å². The molecule has 0 amide bonds. The third-order valence-corrected chi connectivity index (χ3v) is 4.98. The van der Waals surface area contributed by atoms with Crippen molar-refractivity contribution in [3.8, 4) is 16.9 Å². The van der Waals surface area contributed by atoms with Crippen LogP contribution in [0.2, 0.25) is 0 Å². The second kappa shape index (κ2) is 7.00. The van der Waals surface area contributed by atoms with E-state index in [9.17, 15) is 13.2 Å². The molecule has 0 unspecified atom stereocenters. The maximum Gasteiger partial charge on any atom is 0.435 e. The molecule has 0 N–H and O–H groups in total. The maximum absolute atomic E-state index is 13.6. The monoisotopic (exact) mass is 390 g/mol. The molecule has 1 aromatic carbocycles. The molecule has 1 aliphatic rings. The molecule has 0 spiro atoms. The number of aromatic nitrogens is 4. The molecule has 8 heteroatoms. The normalized spacial score (nSPS) is 14.0. The van der Waals surface area contributed by atoms with Crippen LogP contribution in [-0.2, 0) is 25.7 Å². The van der Waals surface area contributed by atoms with Gasteiger partial charge in [0.25, 0.3) is 0 Å². The Balaban J connectivity index is 1.88. The Morgan fingerprint density at radius 2 is 2.04 bits per heavy atom. The van der Waals surface area contributed by atoms with E-state index in [1.54, 1.807) is 19.2 Å². The van der Waals surface area contributed by atoms with E-state index in [0.717, 1.165) is 29.8 Å². The van der Waals surface area contributed by atoms with Gasteiger partial charge in [0, 0.05) is 42.8 Å². The highest BCUT2D eigenvalue weighted by Crippen LogP contribution is 2.43. The zero-order chi connectivity index (χ0) is 19.9. The predicted octanol–water partition coefficient (Wildman–Crippen LogP) is 4.47. The first-order valence-electron chi connectivity index (χ1n) is 9.28. The molecule has 0 bridgehead atoms.